The molecule has 1 N–H and O–H groups in total. The van der Waals surface area contributed by atoms with Crippen LogP contribution < -0.4 is 0 Å². The number of carbonyl (C=O) groups excluding carboxylic acids is 2. The maximum atomic E-state index is 13.4. The van der Waals surface area contributed by atoms with Gasteiger partial charge < -0.3 is 14.4 Å². The number of hydrogen-bond acceptors (Lipinski definition) is 4. The van der Waals surface area contributed by atoms with Crippen LogP contribution in [0.25, 0.3) is 11.0 Å². The van der Waals surface area contributed by atoms with Gasteiger partial charge in [-0.1, -0.05) is 62.7 Å². The van der Waals surface area contributed by atoms with Crippen LogP contribution in [0.5, 0.6) is 0 Å². The number of nitrogens with zero attached hydrogens (tertiary/aromatic N) is 1. The molecule has 0 saturated heterocycles. The lowest BCUT2D eigenvalue weighted by atomic mass is 9.94. The zero-order chi connectivity index (χ0) is 21.3. The summed E-state index contributed by atoms with van der Waals surface area (Å²) in [6.45, 7) is 4.58. The van der Waals surface area contributed by atoms with E-state index in [4.69, 9.17) is 4.42 Å². The van der Waals surface area contributed by atoms with E-state index in [1.807, 2.05) is 49.4 Å². The summed E-state index contributed by atoms with van der Waals surface area (Å²) >= 11 is 0. The minimum atomic E-state index is -0.629. The number of rotatable bonds is 7. The fraction of sp³-hybridized carbons (Fsp3) is 0.280. The van der Waals surface area contributed by atoms with E-state index < -0.39 is 23.5 Å². The molecular weight excluding hydrogens is 378 g/mol. The van der Waals surface area contributed by atoms with Gasteiger partial charge in [0.2, 0.25) is 5.78 Å². The van der Waals surface area contributed by atoms with Crippen LogP contribution in [0.15, 0.2) is 70.3 Å². The highest BCUT2D eigenvalue weighted by Crippen LogP contribution is 2.39. The Hall–Kier alpha value is -3.34. The van der Waals surface area contributed by atoms with Crippen LogP contribution in [0.2, 0.25) is 0 Å². The highest BCUT2D eigenvalue weighted by Gasteiger charge is 2.44. The Morgan fingerprint density at radius 3 is 2.50 bits per heavy atom. The van der Waals surface area contributed by atoms with Crippen LogP contribution in [0.4, 0.5) is 0 Å². The lowest BCUT2D eigenvalue weighted by molar-refractivity contribution is -0.129. The number of hydrogen-bond donors (Lipinski definition) is 1. The Morgan fingerprint density at radius 2 is 1.83 bits per heavy atom. The molecule has 0 fully saturated rings. The number of carbonyl (C=O) groups is 2. The summed E-state index contributed by atoms with van der Waals surface area (Å²) in [6.07, 6.45) is 2.59. The third-order valence-electron chi connectivity index (χ3n) is 5.65. The summed E-state index contributed by atoms with van der Waals surface area (Å²) in [4.78, 5) is 27.9. The molecule has 3 aromatic rings. The summed E-state index contributed by atoms with van der Waals surface area (Å²) in [5.41, 5.74) is 2.65. The molecule has 0 aliphatic carbocycles. The van der Waals surface area contributed by atoms with Gasteiger partial charge in [0.15, 0.2) is 11.5 Å². The van der Waals surface area contributed by atoms with Crippen LogP contribution >= 0.6 is 0 Å². The van der Waals surface area contributed by atoms with E-state index >= 15 is 0 Å². The van der Waals surface area contributed by atoms with Crippen LogP contribution in [0.1, 0.15) is 54.4 Å². The molecule has 154 valence electrons. The van der Waals surface area contributed by atoms with Crippen molar-refractivity contribution >= 4 is 22.7 Å². The van der Waals surface area contributed by atoms with Crippen molar-refractivity contribution in [2.45, 2.75) is 39.2 Å². The van der Waals surface area contributed by atoms with Gasteiger partial charge >= 0.3 is 0 Å². The molecule has 0 saturated carbocycles. The van der Waals surface area contributed by atoms with E-state index in [0.717, 1.165) is 30.2 Å². The average molecular weight is 403 g/mol. The van der Waals surface area contributed by atoms with Crippen molar-refractivity contribution in [3.05, 3.63) is 82.8 Å². The minimum Gasteiger partial charge on any atom is -0.503 e. The lowest BCUT2D eigenvalue weighted by Gasteiger charge is -2.26. The zero-order valence-corrected chi connectivity index (χ0v) is 17.2. The predicted molar refractivity (Wildman–Crippen MR) is 115 cm³/mol. The number of amides is 1. The Balaban J connectivity index is 1.78. The number of Topliss-reactive ketones (excluding diaryl/α,β-unsaturated/α-hetero) is 1. The van der Waals surface area contributed by atoms with Gasteiger partial charge in [-0.3, -0.25) is 9.59 Å². The second-order valence-electron chi connectivity index (χ2n) is 7.59. The Bertz CT molecular complexity index is 1090. The molecule has 1 unspecified atom stereocenters. The van der Waals surface area contributed by atoms with Gasteiger partial charge in [0.1, 0.15) is 5.58 Å². The normalized spacial score (nSPS) is 16.7. The average Bonchev–Trinajstić information content (AvgIpc) is 3.31. The number of aryl methyl sites for hydroxylation is 1. The smallest absolute Gasteiger partial charge is 0.290 e. The molecule has 1 amide bonds. The number of fused-ring (bicyclic) bond motifs is 1. The predicted octanol–water partition coefficient (Wildman–Crippen LogP) is 5.37. The van der Waals surface area contributed by atoms with Crippen molar-refractivity contribution in [1.29, 1.82) is 0 Å². The van der Waals surface area contributed by atoms with Crippen LogP contribution in [0, 0.1) is 0 Å². The van der Waals surface area contributed by atoms with Gasteiger partial charge in [0.05, 0.1) is 11.6 Å². The summed E-state index contributed by atoms with van der Waals surface area (Å²) in [5.74, 6) is -1.33. The number of ketones is 1. The maximum Gasteiger partial charge on any atom is 0.290 e. The van der Waals surface area contributed by atoms with Gasteiger partial charge in [-0.15, -0.1) is 0 Å². The summed E-state index contributed by atoms with van der Waals surface area (Å²) in [5, 5.41) is 11.5. The van der Waals surface area contributed by atoms with Gasteiger partial charge in [-0.05, 0) is 36.1 Å². The molecule has 30 heavy (non-hydrogen) atoms. The molecule has 0 spiro atoms. The van der Waals surface area contributed by atoms with Gasteiger partial charge in [-0.2, -0.15) is 0 Å². The molecular formula is C25H25NO4. The standard InChI is InChI=1S/C25H25NO4/c1-3-5-14-26-22(17-12-10-16(4-2)11-13-17)21(24(28)25(26)29)23(27)20-15-18-8-6-7-9-19(18)30-20/h6-13,15,22,28H,3-5,14H2,1-2H3. The topological polar surface area (TPSA) is 70.8 Å². The fourth-order valence-corrected chi connectivity index (χ4v) is 3.95. The number of unbranched alkanes of at least 4 members (excludes halogenated alkanes) is 1. The molecule has 1 aromatic heterocycles. The molecule has 1 aliphatic rings. The Kier molecular flexibility index (Phi) is 5.44. The first-order chi connectivity index (χ1) is 14.5. The first-order valence-electron chi connectivity index (χ1n) is 10.4. The van der Waals surface area contributed by atoms with Crippen molar-refractivity contribution in [2.75, 3.05) is 6.54 Å². The van der Waals surface area contributed by atoms with Crippen molar-refractivity contribution < 1.29 is 19.1 Å². The fourth-order valence-electron chi connectivity index (χ4n) is 3.95. The lowest BCUT2D eigenvalue weighted by Crippen LogP contribution is -2.32. The highest BCUT2D eigenvalue weighted by atomic mass is 16.3. The number of benzene rings is 2. The van der Waals surface area contributed by atoms with Crippen molar-refractivity contribution in [3.8, 4) is 0 Å². The summed E-state index contributed by atoms with van der Waals surface area (Å²) < 4.78 is 5.74. The third-order valence-corrected chi connectivity index (χ3v) is 5.65. The van der Waals surface area contributed by atoms with E-state index in [0.29, 0.717) is 12.1 Å². The van der Waals surface area contributed by atoms with Gasteiger partial charge in [-0.25, -0.2) is 0 Å². The van der Waals surface area contributed by atoms with E-state index in [1.165, 1.54) is 5.56 Å². The molecule has 4 rings (SSSR count). The van der Waals surface area contributed by atoms with Gasteiger partial charge in [0, 0.05) is 11.9 Å². The van der Waals surface area contributed by atoms with Crippen LogP contribution in [-0.4, -0.2) is 28.2 Å². The van der Waals surface area contributed by atoms with E-state index in [-0.39, 0.29) is 11.3 Å². The Morgan fingerprint density at radius 1 is 1.10 bits per heavy atom. The summed E-state index contributed by atoms with van der Waals surface area (Å²) in [6, 6.07) is 16.2. The molecule has 0 radical (unpaired) electrons. The minimum absolute atomic E-state index is 0.0828. The molecule has 1 aliphatic heterocycles. The third kappa shape index (κ3) is 3.41. The molecule has 2 heterocycles. The molecule has 2 aromatic carbocycles. The number of furan rings is 1. The van der Waals surface area contributed by atoms with Gasteiger partial charge in [0.25, 0.3) is 5.91 Å². The van der Waals surface area contributed by atoms with Crippen molar-refractivity contribution in [3.63, 3.8) is 0 Å². The molecule has 5 nitrogen and oxygen atoms in total. The second kappa shape index (κ2) is 8.19. The second-order valence-corrected chi connectivity index (χ2v) is 7.59. The van der Waals surface area contributed by atoms with Crippen LogP contribution in [0.3, 0.4) is 0 Å². The van der Waals surface area contributed by atoms with Crippen molar-refractivity contribution in [2.24, 2.45) is 0 Å². The molecule has 1 atom stereocenters. The SMILES string of the molecule is CCCCN1C(=O)C(O)=C(C(=O)c2cc3ccccc3o2)C1c1ccc(CC)cc1. The molecule has 5 heteroatoms. The van der Waals surface area contributed by atoms with E-state index in [2.05, 4.69) is 6.92 Å². The zero-order valence-electron chi connectivity index (χ0n) is 17.2. The number of para-hydroxylation sites is 1. The van der Waals surface area contributed by atoms with E-state index in [1.54, 1.807) is 17.0 Å². The monoisotopic (exact) mass is 403 g/mol. The first-order valence-corrected chi connectivity index (χ1v) is 10.4. The highest BCUT2D eigenvalue weighted by molar-refractivity contribution is 6.16. The maximum absolute atomic E-state index is 13.4. The number of aliphatic hydroxyl groups is 1. The first kappa shape index (κ1) is 20.0. The molecule has 0 bridgehead atoms. The van der Waals surface area contributed by atoms with Crippen molar-refractivity contribution in [1.82, 2.24) is 4.90 Å². The quantitative estimate of drug-likeness (QED) is 0.538. The van der Waals surface area contributed by atoms with Crippen LogP contribution in [-0.2, 0) is 11.2 Å². The largest absolute Gasteiger partial charge is 0.503 e. The summed E-state index contributed by atoms with van der Waals surface area (Å²) in [7, 11) is 0. The number of aliphatic hydroxyl groups excluding tert-OH is 1. The Labute approximate surface area is 175 Å². The van der Waals surface area contributed by atoms with E-state index in [9.17, 15) is 14.7 Å².